The van der Waals surface area contributed by atoms with Gasteiger partial charge in [-0.3, -0.25) is 4.98 Å². The van der Waals surface area contributed by atoms with E-state index in [1.54, 1.807) is 11.3 Å². The van der Waals surface area contributed by atoms with Gasteiger partial charge in [-0.15, -0.1) is 11.3 Å². The summed E-state index contributed by atoms with van der Waals surface area (Å²) < 4.78 is 0. The molecule has 2 aromatic heterocycles. The number of hydrogen-bond acceptors (Lipinski definition) is 4. The van der Waals surface area contributed by atoms with E-state index in [1.165, 1.54) is 16.0 Å². The van der Waals surface area contributed by atoms with Crippen LogP contribution in [-0.2, 0) is 13.0 Å². The van der Waals surface area contributed by atoms with E-state index in [0.29, 0.717) is 6.04 Å². The Morgan fingerprint density at radius 3 is 2.84 bits per heavy atom. The van der Waals surface area contributed by atoms with E-state index in [4.69, 9.17) is 4.98 Å². The summed E-state index contributed by atoms with van der Waals surface area (Å²) in [6.07, 6.45) is 4.77. The molecule has 0 saturated heterocycles. The maximum Gasteiger partial charge on any atom is 0.124 e. The van der Waals surface area contributed by atoms with Gasteiger partial charge in [0.25, 0.3) is 0 Å². The molecule has 2 rings (SSSR count). The number of aromatic nitrogens is 2. The number of rotatable bonds is 5. The van der Waals surface area contributed by atoms with Crippen molar-refractivity contribution in [2.75, 3.05) is 0 Å². The van der Waals surface area contributed by atoms with Crippen LogP contribution in [0.2, 0.25) is 0 Å². The summed E-state index contributed by atoms with van der Waals surface area (Å²) in [5, 5.41) is 4.56. The number of hydrogen-bond donors (Lipinski definition) is 1. The topological polar surface area (TPSA) is 37.8 Å². The normalized spacial score (nSPS) is 11.2. The van der Waals surface area contributed by atoms with Gasteiger partial charge >= 0.3 is 0 Å². The van der Waals surface area contributed by atoms with E-state index in [9.17, 15) is 0 Å². The van der Waals surface area contributed by atoms with Gasteiger partial charge in [-0.05, 0) is 25.0 Å². The number of nitrogens with one attached hydrogen (secondary N) is 1. The number of nitrogens with zero attached hydrogens (tertiary/aromatic N) is 2. The van der Waals surface area contributed by atoms with E-state index in [1.807, 2.05) is 12.4 Å². The summed E-state index contributed by atoms with van der Waals surface area (Å²) in [6.45, 7) is 9.46. The van der Waals surface area contributed by atoms with E-state index >= 15 is 0 Å². The van der Waals surface area contributed by atoms with Crippen LogP contribution in [0.3, 0.4) is 0 Å². The first kappa shape index (κ1) is 14.2. The third-order valence-electron chi connectivity index (χ3n) is 3.08. The maximum absolute atomic E-state index is 4.72. The Labute approximate surface area is 119 Å². The molecule has 0 aromatic carbocycles. The molecule has 0 spiro atoms. The Kier molecular flexibility index (Phi) is 4.66. The maximum atomic E-state index is 4.72. The van der Waals surface area contributed by atoms with E-state index in [0.717, 1.165) is 23.7 Å². The first-order valence-corrected chi connectivity index (χ1v) is 7.56. The highest BCUT2D eigenvalue weighted by Gasteiger charge is 2.12. The molecule has 4 heteroatoms. The van der Waals surface area contributed by atoms with E-state index in [2.05, 4.69) is 44.1 Å². The van der Waals surface area contributed by atoms with Crippen molar-refractivity contribution in [2.45, 2.75) is 46.7 Å². The van der Waals surface area contributed by atoms with E-state index < -0.39 is 0 Å². The number of thiazole rings is 1. The van der Waals surface area contributed by atoms with Crippen molar-refractivity contribution in [3.63, 3.8) is 0 Å². The lowest BCUT2D eigenvalue weighted by Gasteiger charge is -2.06. The molecule has 2 heterocycles. The minimum absolute atomic E-state index is 0.497. The van der Waals surface area contributed by atoms with Crippen LogP contribution in [0.15, 0.2) is 18.5 Å². The molecule has 0 aliphatic carbocycles. The fourth-order valence-electron chi connectivity index (χ4n) is 1.92. The molecule has 0 saturated carbocycles. The molecule has 0 atom stereocenters. The average molecular weight is 275 g/mol. The fraction of sp³-hybridized carbons (Fsp3) is 0.467. The van der Waals surface area contributed by atoms with Crippen LogP contribution in [-0.4, -0.2) is 16.0 Å². The quantitative estimate of drug-likeness (QED) is 0.906. The number of aryl methyl sites for hydroxylation is 2. The second-order valence-electron chi connectivity index (χ2n) is 4.95. The fourth-order valence-corrected chi connectivity index (χ4v) is 3.00. The standard InChI is InChI=1S/C15H21N3S/c1-5-12-8-16-7-6-13(12)15-18-11(4)14(19-15)9-17-10(2)3/h6-8,10,17H,5,9H2,1-4H3. The summed E-state index contributed by atoms with van der Waals surface area (Å²) in [5.74, 6) is 0. The molecule has 1 N–H and O–H groups in total. The summed E-state index contributed by atoms with van der Waals surface area (Å²) in [5.41, 5.74) is 3.62. The van der Waals surface area contributed by atoms with Crippen molar-refractivity contribution in [1.29, 1.82) is 0 Å². The van der Waals surface area contributed by atoms with Crippen LogP contribution in [0, 0.1) is 6.92 Å². The smallest absolute Gasteiger partial charge is 0.124 e. The molecule has 0 bridgehead atoms. The van der Waals surface area contributed by atoms with Gasteiger partial charge in [-0.25, -0.2) is 4.98 Å². The molecular weight excluding hydrogens is 254 g/mol. The van der Waals surface area contributed by atoms with Gasteiger partial charge in [0.15, 0.2) is 0 Å². The Morgan fingerprint density at radius 1 is 1.37 bits per heavy atom. The van der Waals surface area contributed by atoms with E-state index in [-0.39, 0.29) is 0 Å². The van der Waals surface area contributed by atoms with Crippen molar-refractivity contribution >= 4 is 11.3 Å². The molecule has 3 nitrogen and oxygen atoms in total. The zero-order valence-corrected chi connectivity index (χ0v) is 12.8. The second-order valence-corrected chi connectivity index (χ2v) is 6.03. The molecule has 0 amide bonds. The summed E-state index contributed by atoms with van der Waals surface area (Å²) in [7, 11) is 0. The van der Waals surface area contributed by atoms with Crippen molar-refractivity contribution in [1.82, 2.24) is 15.3 Å². The minimum atomic E-state index is 0.497. The third kappa shape index (κ3) is 3.39. The molecule has 0 aliphatic rings. The van der Waals surface area contributed by atoms with Crippen molar-refractivity contribution < 1.29 is 0 Å². The zero-order chi connectivity index (χ0) is 13.8. The minimum Gasteiger partial charge on any atom is -0.310 e. The SMILES string of the molecule is CCc1cnccc1-c1nc(C)c(CNC(C)C)s1. The molecule has 19 heavy (non-hydrogen) atoms. The van der Waals surface area contributed by atoms with Gasteiger partial charge in [0, 0.05) is 35.4 Å². The second kappa shape index (κ2) is 6.26. The molecule has 2 aromatic rings. The first-order valence-electron chi connectivity index (χ1n) is 6.74. The first-order chi connectivity index (χ1) is 9.11. The Morgan fingerprint density at radius 2 is 2.16 bits per heavy atom. The molecule has 102 valence electrons. The Hall–Kier alpha value is -1.26. The van der Waals surface area contributed by atoms with Gasteiger partial charge in [0.1, 0.15) is 5.01 Å². The molecule has 0 unspecified atom stereocenters. The lowest BCUT2D eigenvalue weighted by Crippen LogP contribution is -2.21. The monoisotopic (exact) mass is 275 g/mol. The van der Waals surface area contributed by atoms with Gasteiger partial charge in [0.2, 0.25) is 0 Å². The van der Waals surface area contributed by atoms with Crippen molar-refractivity contribution in [3.8, 4) is 10.6 Å². The molecule has 0 radical (unpaired) electrons. The summed E-state index contributed by atoms with van der Waals surface area (Å²) in [4.78, 5) is 10.2. The summed E-state index contributed by atoms with van der Waals surface area (Å²) >= 11 is 1.78. The largest absolute Gasteiger partial charge is 0.310 e. The highest BCUT2D eigenvalue weighted by molar-refractivity contribution is 7.15. The molecular formula is C15H21N3S. The van der Waals surface area contributed by atoms with Crippen LogP contribution in [0.25, 0.3) is 10.6 Å². The van der Waals surface area contributed by atoms with Gasteiger partial charge in [0.05, 0.1) is 5.69 Å². The van der Waals surface area contributed by atoms with Gasteiger partial charge < -0.3 is 5.32 Å². The predicted molar refractivity (Wildman–Crippen MR) is 81.4 cm³/mol. The average Bonchev–Trinajstić information content (AvgIpc) is 2.77. The molecule has 0 fully saturated rings. The van der Waals surface area contributed by atoms with Gasteiger partial charge in [-0.1, -0.05) is 20.8 Å². The van der Waals surface area contributed by atoms with Crippen molar-refractivity contribution in [3.05, 3.63) is 34.6 Å². The van der Waals surface area contributed by atoms with Crippen LogP contribution in [0.4, 0.5) is 0 Å². The van der Waals surface area contributed by atoms with Crippen LogP contribution in [0.1, 0.15) is 36.9 Å². The third-order valence-corrected chi connectivity index (χ3v) is 4.27. The highest BCUT2D eigenvalue weighted by Crippen LogP contribution is 2.30. The summed E-state index contributed by atoms with van der Waals surface area (Å²) in [6, 6.07) is 2.56. The Balaban J connectivity index is 2.28. The van der Waals surface area contributed by atoms with Gasteiger partial charge in [-0.2, -0.15) is 0 Å². The van der Waals surface area contributed by atoms with Crippen molar-refractivity contribution in [2.24, 2.45) is 0 Å². The number of pyridine rings is 1. The molecule has 0 aliphatic heterocycles. The highest BCUT2D eigenvalue weighted by atomic mass is 32.1. The Bertz CT molecular complexity index is 546. The van der Waals surface area contributed by atoms with Crippen LogP contribution in [0.5, 0.6) is 0 Å². The predicted octanol–water partition coefficient (Wildman–Crippen LogP) is 3.57. The van der Waals surface area contributed by atoms with Crippen LogP contribution >= 0.6 is 11.3 Å². The zero-order valence-electron chi connectivity index (χ0n) is 12.0. The van der Waals surface area contributed by atoms with Crippen LogP contribution < -0.4 is 5.32 Å². The lowest BCUT2D eigenvalue weighted by atomic mass is 10.1. The lowest BCUT2D eigenvalue weighted by molar-refractivity contribution is 0.591.